The monoisotopic (exact) mass is 353 g/mol. The average Bonchev–Trinajstić information content (AvgIpc) is 2.83. The quantitative estimate of drug-likeness (QED) is 0.865. The molecule has 0 saturated carbocycles. The lowest BCUT2D eigenvalue weighted by atomic mass is 10.1. The van der Waals surface area contributed by atoms with E-state index in [1.54, 1.807) is 6.92 Å². The van der Waals surface area contributed by atoms with E-state index in [1.165, 1.54) is 6.33 Å². The van der Waals surface area contributed by atoms with Gasteiger partial charge in [0.05, 0.1) is 6.10 Å². The smallest absolute Gasteiger partial charge is 0.164 e. The van der Waals surface area contributed by atoms with Crippen LogP contribution < -0.4 is 4.74 Å². The van der Waals surface area contributed by atoms with Crippen molar-refractivity contribution in [3.63, 3.8) is 0 Å². The fourth-order valence-electron chi connectivity index (χ4n) is 2.02. The molecule has 1 heterocycles. The number of nitrogens with zero attached hydrogens (tertiary/aromatic N) is 3. The molecule has 1 aromatic carbocycles. The molecule has 0 aliphatic carbocycles. The van der Waals surface area contributed by atoms with Gasteiger partial charge in [0.25, 0.3) is 0 Å². The molecule has 0 aliphatic heterocycles. The molecule has 2 rings (SSSR count). The Kier molecular flexibility index (Phi) is 5.36. The molecule has 0 saturated heterocycles. The van der Waals surface area contributed by atoms with Crippen LogP contribution in [0.5, 0.6) is 5.75 Å². The summed E-state index contributed by atoms with van der Waals surface area (Å²) in [7, 11) is 0. The molecule has 21 heavy (non-hydrogen) atoms. The summed E-state index contributed by atoms with van der Waals surface area (Å²) < 4.78 is 8.58. The van der Waals surface area contributed by atoms with Crippen molar-refractivity contribution >= 4 is 15.9 Å². The molecule has 1 N–H and O–H groups in total. The molecular weight excluding hydrogens is 334 g/mol. The maximum atomic E-state index is 9.83. The minimum atomic E-state index is -0.592. The van der Waals surface area contributed by atoms with Gasteiger partial charge in [-0.3, -0.25) is 0 Å². The van der Waals surface area contributed by atoms with E-state index >= 15 is 0 Å². The molecule has 2 aromatic rings. The molecule has 6 heteroatoms. The molecule has 0 aliphatic rings. The van der Waals surface area contributed by atoms with Gasteiger partial charge in [-0.05, 0) is 31.0 Å². The summed E-state index contributed by atoms with van der Waals surface area (Å²) in [6.07, 6.45) is 0.948. The zero-order chi connectivity index (χ0) is 15.4. The van der Waals surface area contributed by atoms with Crippen molar-refractivity contribution in [1.29, 1.82) is 0 Å². The molecule has 0 radical (unpaired) electrons. The Morgan fingerprint density at radius 1 is 1.33 bits per heavy atom. The molecule has 0 amide bonds. The van der Waals surface area contributed by atoms with Crippen LogP contribution in [-0.4, -0.2) is 19.9 Å². The van der Waals surface area contributed by atoms with E-state index in [0.29, 0.717) is 18.3 Å². The second-order valence-corrected chi connectivity index (χ2v) is 6.31. The lowest BCUT2D eigenvalue weighted by Gasteiger charge is -2.14. The number of benzene rings is 1. The molecule has 0 bridgehead atoms. The van der Waals surface area contributed by atoms with Gasteiger partial charge in [-0.15, -0.1) is 0 Å². The number of hydrogen-bond acceptors (Lipinski definition) is 4. The van der Waals surface area contributed by atoms with E-state index in [1.807, 2.05) is 22.9 Å². The molecule has 0 unspecified atom stereocenters. The molecule has 5 nitrogen and oxygen atoms in total. The normalized spacial score (nSPS) is 12.7. The highest BCUT2D eigenvalue weighted by Crippen LogP contribution is 2.29. The van der Waals surface area contributed by atoms with Crippen LogP contribution in [0.25, 0.3) is 0 Å². The Hall–Kier alpha value is -1.40. The third kappa shape index (κ3) is 4.28. The number of ether oxygens (including phenoxy) is 1. The first-order valence-corrected chi connectivity index (χ1v) is 7.73. The summed E-state index contributed by atoms with van der Waals surface area (Å²) in [5, 5.41) is 14.0. The van der Waals surface area contributed by atoms with Crippen LogP contribution in [0.2, 0.25) is 0 Å². The van der Waals surface area contributed by atoms with E-state index in [9.17, 15) is 5.11 Å². The summed E-state index contributed by atoms with van der Waals surface area (Å²) in [6, 6.07) is 5.59. The first-order valence-electron chi connectivity index (χ1n) is 6.94. The molecule has 114 valence electrons. The number of aromatic nitrogens is 3. The van der Waals surface area contributed by atoms with E-state index < -0.39 is 6.10 Å². The average molecular weight is 354 g/mol. The van der Waals surface area contributed by atoms with E-state index in [-0.39, 0.29) is 0 Å². The second-order valence-electron chi connectivity index (χ2n) is 5.40. The maximum absolute atomic E-state index is 9.83. The zero-order valence-corrected chi connectivity index (χ0v) is 14.0. The zero-order valence-electron chi connectivity index (χ0n) is 12.5. The number of aliphatic hydroxyl groups is 1. The van der Waals surface area contributed by atoms with E-state index in [0.717, 1.165) is 22.4 Å². The van der Waals surface area contributed by atoms with Gasteiger partial charge in [0, 0.05) is 16.6 Å². The van der Waals surface area contributed by atoms with Crippen molar-refractivity contribution < 1.29 is 9.84 Å². The molecule has 0 spiro atoms. The van der Waals surface area contributed by atoms with Gasteiger partial charge in [-0.25, -0.2) is 9.67 Å². The standard InChI is InChI=1S/C15H20BrN3O2/c1-10(2)7-19-15(17-9-18-19)8-21-14-5-4-12(16)6-13(14)11(3)20/h4-6,9-11,20H,7-8H2,1-3H3/t11-/m0/s1. The molecule has 0 fully saturated rings. The van der Waals surface area contributed by atoms with Crippen LogP contribution in [0, 0.1) is 5.92 Å². The third-order valence-electron chi connectivity index (χ3n) is 3.01. The van der Waals surface area contributed by atoms with E-state index in [2.05, 4.69) is 39.9 Å². The predicted molar refractivity (Wildman–Crippen MR) is 84.0 cm³/mol. The summed E-state index contributed by atoms with van der Waals surface area (Å²) in [4.78, 5) is 4.23. The summed E-state index contributed by atoms with van der Waals surface area (Å²) >= 11 is 3.40. The van der Waals surface area contributed by atoms with Gasteiger partial charge in [0.15, 0.2) is 5.82 Å². The van der Waals surface area contributed by atoms with E-state index in [4.69, 9.17) is 4.74 Å². The van der Waals surface area contributed by atoms with Crippen LogP contribution in [0.1, 0.15) is 38.3 Å². The number of aliphatic hydroxyl groups excluding tert-OH is 1. The van der Waals surface area contributed by atoms with Crippen molar-refractivity contribution in [1.82, 2.24) is 14.8 Å². The van der Waals surface area contributed by atoms with Gasteiger partial charge in [-0.2, -0.15) is 5.10 Å². The van der Waals surface area contributed by atoms with Gasteiger partial charge in [0.2, 0.25) is 0 Å². The molecule has 1 atom stereocenters. The van der Waals surface area contributed by atoms with Crippen LogP contribution in [0.3, 0.4) is 0 Å². The number of hydrogen-bond donors (Lipinski definition) is 1. The number of rotatable bonds is 6. The van der Waals surface area contributed by atoms with Crippen LogP contribution >= 0.6 is 15.9 Å². The largest absolute Gasteiger partial charge is 0.485 e. The fourth-order valence-corrected chi connectivity index (χ4v) is 2.40. The lowest BCUT2D eigenvalue weighted by molar-refractivity contribution is 0.188. The topological polar surface area (TPSA) is 60.2 Å². The van der Waals surface area contributed by atoms with Gasteiger partial charge < -0.3 is 9.84 Å². The van der Waals surface area contributed by atoms with Crippen LogP contribution in [0.4, 0.5) is 0 Å². The molecular formula is C15H20BrN3O2. The van der Waals surface area contributed by atoms with Gasteiger partial charge in [-0.1, -0.05) is 29.8 Å². The Morgan fingerprint density at radius 3 is 2.76 bits per heavy atom. The van der Waals surface area contributed by atoms with Crippen molar-refractivity contribution in [2.75, 3.05) is 0 Å². The minimum absolute atomic E-state index is 0.327. The Morgan fingerprint density at radius 2 is 2.10 bits per heavy atom. The van der Waals surface area contributed by atoms with Gasteiger partial charge in [0.1, 0.15) is 18.7 Å². The maximum Gasteiger partial charge on any atom is 0.164 e. The van der Waals surface area contributed by atoms with Crippen molar-refractivity contribution in [3.8, 4) is 5.75 Å². The van der Waals surface area contributed by atoms with Crippen molar-refractivity contribution in [2.45, 2.75) is 40.0 Å². The second kappa shape index (κ2) is 7.04. The Labute approximate surface area is 133 Å². The van der Waals surface area contributed by atoms with Crippen molar-refractivity contribution in [2.24, 2.45) is 5.92 Å². The van der Waals surface area contributed by atoms with Crippen molar-refractivity contribution in [3.05, 3.63) is 40.4 Å². The first kappa shape index (κ1) is 16.0. The fraction of sp³-hybridized carbons (Fsp3) is 0.467. The number of halogens is 1. The third-order valence-corrected chi connectivity index (χ3v) is 3.51. The highest BCUT2D eigenvalue weighted by Gasteiger charge is 2.12. The predicted octanol–water partition coefficient (Wildman–Crippen LogP) is 3.33. The van der Waals surface area contributed by atoms with Crippen LogP contribution in [0.15, 0.2) is 29.0 Å². The Balaban J connectivity index is 2.12. The summed E-state index contributed by atoms with van der Waals surface area (Å²) in [5.41, 5.74) is 0.749. The molecule has 1 aromatic heterocycles. The highest BCUT2D eigenvalue weighted by atomic mass is 79.9. The SMILES string of the molecule is CC(C)Cn1ncnc1COc1ccc(Br)cc1[C@H](C)O. The van der Waals surface area contributed by atoms with Crippen LogP contribution in [-0.2, 0) is 13.2 Å². The summed E-state index contributed by atoms with van der Waals surface area (Å²) in [6.45, 7) is 7.12. The Bertz CT molecular complexity index is 596. The highest BCUT2D eigenvalue weighted by molar-refractivity contribution is 9.10. The van der Waals surface area contributed by atoms with Gasteiger partial charge >= 0.3 is 0 Å². The lowest BCUT2D eigenvalue weighted by Crippen LogP contribution is -2.12. The first-order chi connectivity index (χ1) is 9.97. The summed E-state index contributed by atoms with van der Waals surface area (Å²) in [5.74, 6) is 1.93. The minimum Gasteiger partial charge on any atom is -0.485 e.